The molecular weight excluding hydrogens is 444 g/mol. The summed E-state index contributed by atoms with van der Waals surface area (Å²) >= 11 is 0. The van der Waals surface area contributed by atoms with E-state index < -0.39 is 31.9 Å². The van der Waals surface area contributed by atoms with Crippen molar-refractivity contribution in [3.8, 4) is 0 Å². The highest BCUT2D eigenvalue weighted by Crippen LogP contribution is 2.26. The van der Waals surface area contributed by atoms with E-state index >= 15 is 0 Å². The second-order valence-corrected chi connectivity index (χ2v) is 10.5. The van der Waals surface area contributed by atoms with E-state index in [2.05, 4.69) is 10.6 Å². The van der Waals surface area contributed by atoms with Gasteiger partial charge in [-0.1, -0.05) is 18.2 Å². The molecule has 2 aromatic carbocycles. The Labute approximate surface area is 180 Å². The zero-order chi connectivity index (χ0) is 22.6. The van der Waals surface area contributed by atoms with E-state index in [-0.39, 0.29) is 17.2 Å². The minimum absolute atomic E-state index is 0.0105. The Kier molecular flexibility index (Phi) is 6.62. The number of hydrogen-bond acceptors (Lipinski definition) is 6. The van der Waals surface area contributed by atoms with Crippen LogP contribution in [0.15, 0.2) is 53.4 Å². The van der Waals surface area contributed by atoms with Crippen molar-refractivity contribution < 1.29 is 26.4 Å². The predicted octanol–water partition coefficient (Wildman–Crippen LogP) is 0.171. The minimum Gasteiger partial charge on any atom is -0.347 e. The third-order valence-corrected chi connectivity index (χ3v) is 7.45. The maximum atomic E-state index is 12.1. The first-order chi connectivity index (χ1) is 14.6. The Morgan fingerprint density at radius 2 is 1.77 bits per heavy atom. The molecule has 4 N–H and O–H groups in total. The number of hydrogen-bond donors (Lipinski definition) is 3. The van der Waals surface area contributed by atoms with Gasteiger partial charge in [-0.05, 0) is 48.7 Å². The summed E-state index contributed by atoms with van der Waals surface area (Å²) in [6, 6.07) is 12.2. The van der Waals surface area contributed by atoms with Crippen LogP contribution in [0.1, 0.15) is 12.0 Å². The Hall–Kier alpha value is -2.96. The lowest BCUT2D eigenvalue weighted by Gasteiger charge is -2.17. The highest BCUT2D eigenvalue weighted by Gasteiger charge is 2.28. The summed E-state index contributed by atoms with van der Waals surface area (Å²) in [6.45, 7) is 0.533. The maximum absolute atomic E-state index is 12.1. The number of nitrogens with one attached hydrogen (secondary N) is 2. The van der Waals surface area contributed by atoms with Crippen molar-refractivity contribution in [2.45, 2.75) is 17.7 Å². The third kappa shape index (κ3) is 5.81. The van der Waals surface area contributed by atoms with Crippen molar-refractivity contribution in [2.75, 3.05) is 28.5 Å². The van der Waals surface area contributed by atoms with Gasteiger partial charge < -0.3 is 10.6 Å². The van der Waals surface area contributed by atoms with Gasteiger partial charge in [0.2, 0.25) is 20.0 Å². The lowest BCUT2D eigenvalue weighted by Crippen LogP contribution is -2.36. The molecule has 1 heterocycles. The van der Waals surface area contributed by atoms with E-state index in [4.69, 9.17) is 5.14 Å². The van der Waals surface area contributed by atoms with Crippen molar-refractivity contribution in [1.82, 2.24) is 5.32 Å². The summed E-state index contributed by atoms with van der Waals surface area (Å²) in [4.78, 5) is 24.2. The molecule has 1 fully saturated rings. The quantitative estimate of drug-likeness (QED) is 0.515. The van der Waals surface area contributed by atoms with Gasteiger partial charge in [0, 0.05) is 18.8 Å². The highest BCUT2D eigenvalue weighted by atomic mass is 32.2. The smallest absolute Gasteiger partial charge is 0.313 e. The fourth-order valence-corrected chi connectivity index (χ4v) is 5.17. The van der Waals surface area contributed by atoms with Gasteiger partial charge >= 0.3 is 11.8 Å². The van der Waals surface area contributed by atoms with Crippen molar-refractivity contribution in [1.29, 1.82) is 0 Å². The molecule has 0 spiro atoms. The molecule has 0 atom stereocenters. The van der Waals surface area contributed by atoms with Gasteiger partial charge in [-0.2, -0.15) is 0 Å². The van der Waals surface area contributed by atoms with E-state index in [9.17, 15) is 26.4 Å². The highest BCUT2D eigenvalue weighted by molar-refractivity contribution is 7.93. The van der Waals surface area contributed by atoms with Gasteiger partial charge in [-0.3, -0.25) is 13.9 Å². The van der Waals surface area contributed by atoms with E-state index in [1.807, 2.05) is 0 Å². The first kappa shape index (κ1) is 22.7. The zero-order valence-corrected chi connectivity index (χ0v) is 18.1. The monoisotopic (exact) mass is 466 g/mol. The number of anilines is 2. The number of primary sulfonamides is 1. The van der Waals surface area contributed by atoms with E-state index in [1.54, 1.807) is 30.3 Å². The molecule has 1 aliphatic rings. The van der Waals surface area contributed by atoms with Gasteiger partial charge in [0.1, 0.15) is 0 Å². The van der Waals surface area contributed by atoms with E-state index in [0.717, 1.165) is 5.56 Å². The molecule has 2 amide bonds. The fourth-order valence-electron chi connectivity index (χ4n) is 3.10. The molecule has 0 unspecified atom stereocenters. The van der Waals surface area contributed by atoms with Crippen LogP contribution in [-0.4, -0.2) is 47.5 Å². The minimum atomic E-state index is -3.77. The number of amides is 2. The molecule has 0 aliphatic carbocycles. The van der Waals surface area contributed by atoms with Crippen LogP contribution in [0.5, 0.6) is 0 Å². The van der Waals surface area contributed by atoms with Crippen molar-refractivity contribution >= 4 is 43.2 Å². The van der Waals surface area contributed by atoms with Crippen LogP contribution in [0.2, 0.25) is 0 Å². The van der Waals surface area contributed by atoms with Gasteiger partial charge in [-0.25, -0.2) is 22.0 Å². The first-order valence-electron chi connectivity index (χ1n) is 9.38. The zero-order valence-electron chi connectivity index (χ0n) is 16.4. The molecule has 1 aliphatic heterocycles. The second-order valence-electron chi connectivity index (χ2n) is 6.94. The van der Waals surface area contributed by atoms with Crippen LogP contribution < -0.4 is 20.1 Å². The fraction of sp³-hybridized carbons (Fsp3) is 0.263. The van der Waals surface area contributed by atoms with Gasteiger partial charge in [0.25, 0.3) is 0 Å². The molecule has 166 valence electrons. The summed E-state index contributed by atoms with van der Waals surface area (Å²) < 4.78 is 47.9. The molecule has 0 aromatic heterocycles. The average molecular weight is 467 g/mol. The van der Waals surface area contributed by atoms with Crippen LogP contribution >= 0.6 is 0 Å². The largest absolute Gasteiger partial charge is 0.347 e. The molecule has 1 saturated heterocycles. The van der Waals surface area contributed by atoms with E-state index in [0.29, 0.717) is 30.8 Å². The Bertz CT molecular complexity index is 1190. The molecule has 0 saturated carbocycles. The summed E-state index contributed by atoms with van der Waals surface area (Å²) in [5.74, 6) is -1.65. The number of nitrogens with two attached hydrogens (primary N) is 1. The predicted molar refractivity (Wildman–Crippen MR) is 115 cm³/mol. The number of carbonyl (C=O) groups is 2. The molecule has 3 rings (SSSR count). The normalized spacial score (nSPS) is 15.5. The van der Waals surface area contributed by atoms with Crippen LogP contribution in [0.4, 0.5) is 11.4 Å². The van der Waals surface area contributed by atoms with Gasteiger partial charge in [0.15, 0.2) is 0 Å². The number of benzene rings is 2. The number of nitrogens with zero attached hydrogens (tertiary/aromatic N) is 1. The SMILES string of the molecule is NS(=O)(=O)c1ccc(CCNC(=O)C(=O)Nc2cccc(N3CCCS3(=O)=O)c2)cc1. The maximum Gasteiger partial charge on any atom is 0.313 e. The second kappa shape index (κ2) is 9.04. The van der Waals surface area contributed by atoms with Crippen molar-refractivity contribution in [3.63, 3.8) is 0 Å². The van der Waals surface area contributed by atoms with Gasteiger partial charge in [-0.15, -0.1) is 0 Å². The number of carbonyl (C=O) groups excluding carboxylic acids is 2. The topological polar surface area (TPSA) is 156 Å². The first-order valence-corrected chi connectivity index (χ1v) is 12.5. The Morgan fingerprint density at radius 3 is 2.39 bits per heavy atom. The number of rotatable bonds is 6. The van der Waals surface area contributed by atoms with Gasteiger partial charge in [0.05, 0.1) is 16.3 Å². The summed E-state index contributed by atoms with van der Waals surface area (Å²) in [5, 5.41) is 9.97. The summed E-state index contributed by atoms with van der Waals surface area (Å²) in [5.41, 5.74) is 1.49. The van der Waals surface area contributed by atoms with Crippen molar-refractivity contribution in [2.24, 2.45) is 5.14 Å². The molecule has 10 nitrogen and oxygen atoms in total. The molecule has 12 heteroatoms. The third-order valence-electron chi connectivity index (χ3n) is 4.65. The lowest BCUT2D eigenvalue weighted by atomic mass is 10.1. The Balaban J connectivity index is 1.53. The van der Waals surface area contributed by atoms with Crippen molar-refractivity contribution in [3.05, 3.63) is 54.1 Å². The molecule has 31 heavy (non-hydrogen) atoms. The number of sulfonamides is 2. The summed E-state index contributed by atoms with van der Waals surface area (Å²) in [7, 11) is -7.12. The summed E-state index contributed by atoms with van der Waals surface area (Å²) in [6.07, 6.45) is 0.915. The van der Waals surface area contributed by atoms with Crippen LogP contribution in [0.25, 0.3) is 0 Å². The average Bonchev–Trinajstić information content (AvgIpc) is 3.07. The molecule has 2 aromatic rings. The van der Waals surface area contributed by atoms with Crippen LogP contribution in [0.3, 0.4) is 0 Å². The van der Waals surface area contributed by atoms with Crippen LogP contribution in [-0.2, 0) is 36.1 Å². The molecule has 0 radical (unpaired) electrons. The molecular formula is C19H22N4O6S2. The van der Waals surface area contributed by atoms with E-state index in [1.165, 1.54) is 22.5 Å². The standard InChI is InChI=1S/C19H22N4O6S2/c20-31(28,29)17-7-5-14(6-8-17)9-10-21-18(24)19(25)22-15-3-1-4-16(13-15)23-11-2-12-30(23,26)27/h1,3-8,13H,2,9-12H2,(H,21,24)(H,22,25)(H2,20,28,29). The lowest BCUT2D eigenvalue weighted by molar-refractivity contribution is -0.136. The molecule has 0 bridgehead atoms. The van der Waals surface area contributed by atoms with Crippen LogP contribution in [0, 0.1) is 0 Å². The Morgan fingerprint density at radius 1 is 1.06 bits per heavy atom.